The van der Waals surface area contributed by atoms with Crippen LogP contribution in [0.15, 0.2) is 67.0 Å². The Labute approximate surface area is 303 Å². The number of nitrogens with zero attached hydrogens (tertiary/aromatic N) is 5. The molecule has 3 aliphatic rings. The number of anilines is 2. The van der Waals surface area contributed by atoms with E-state index in [1.807, 2.05) is 0 Å². The van der Waals surface area contributed by atoms with E-state index in [1.165, 1.54) is 17.3 Å². The van der Waals surface area contributed by atoms with E-state index in [4.69, 9.17) is 28.9 Å². The fourth-order valence-electron chi connectivity index (χ4n) is 6.55. The minimum Gasteiger partial charge on any atom is -0.351 e. The predicted octanol–water partition coefficient (Wildman–Crippen LogP) is 3.85. The van der Waals surface area contributed by atoms with Crippen LogP contribution in [0, 0.1) is 11.3 Å². The Kier molecular flexibility index (Phi) is 8.57. The summed E-state index contributed by atoms with van der Waals surface area (Å²) in [5, 5.41) is 18.7. The number of amides is 4. The average Bonchev–Trinajstić information content (AvgIpc) is 4.02. The third-order valence-electron chi connectivity index (χ3n) is 9.66. The van der Waals surface area contributed by atoms with Crippen molar-refractivity contribution in [2.75, 3.05) is 18.0 Å². The number of benzene rings is 2. The Hall–Kier alpha value is -5.29. The molecule has 0 saturated heterocycles. The largest absolute Gasteiger partial charge is 0.351 e. The standard InChI is InChI=1S/C36H33Cl2N9O4/c1-34(17-21-2-4-22(18-40)5-3-21)32(51)46(26-15-24(37)14-25(38)16-26)33-43-20-27(47(33)34)30(49)44-36(10-11-36)31(50)45-35(8-9-35)28-7-6-23(19-42-28)29(48)41-13-12-39/h2-7,14-16,19-20H,8-13,17,39H2,1H3,(H,41,48)(H,44,49)(H,45,50)/t34-/m1/s1. The van der Waals surface area contributed by atoms with Crippen LogP contribution in [0.5, 0.6) is 0 Å². The summed E-state index contributed by atoms with van der Waals surface area (Å²) in [6.45, 7) is 2.39. The molecule has 4 amide bonds. The average molecular weight is 727 g/mol. The fourth-order valence-corrected chi connectivity index (χ4v) is 7.06. The molecule has 5 N–H and O–H groups in total. The molecular weight excluding hydrogens is 693 g/mol. The molecule has 15 heteroatoms. The van der Waals surface area contributed by atoms with E-state index in [1.54, 1.807) is 66.1 Å². The van der Waals surface area contributed by atoms with E-state index in [0.29, 0.717) is 71.3 Å². The third-order valence-corrected chi connectivity index (χ3v) is 10.1. The first-order valence-electron chi connectivity index (χ1n) is 16.4. The fraction of sp³-hybridized carbons (Fsp3) is 0.306. The second-order valence-electron chi connectivity index (χ2n) is 13.4. The maximum Gasteiger partial charge on any atom is 0.270 e. The minimum absolute atomic E-state index is 0.0931. The molecule has 0 unspecified atom stereocenters. The van der Waals surface area contributed by atoms with E-state index in [2.05, 4.69) is 32.0 Å². The first-order chi connectivity index (χ1) is 24.4. The molecule has 2 aliphatic carbocycles. The molecule has 51 heavy (non-hydrogen) atoms. The molecule has 3 heterocycles. The molecule has 1 atom stereocenters. The lowest BCUT2D eigenvalue weighted by atomic mass is 9.91. The first-order valence-corrected chi connectivity index (χ1v) is 17.2. The van der Waals surface area contributed by atoms with Crippen LogP contribution in [0.1, 0.15) is 70.3 Å². The van der Waals surface area contributed by atoms with Gasteiger partial charge in [0.05, 0.1) is 40.3 Å². The maximum absolute atomic E-state index is 14.4. The number of rotatable bonds is 11. The van der Waals surface area contributed by atoms with E-state index in [9.17, 15) is 24.4 Å². The zero-order valence-electron chi connectivity index (χ0n) is 27.5. The van der Waals surface area contributed by atoms with Gasteiger partial charge in [-0.1, -0.05) is 35.3 Å². The molecule has 1 aliphatic heterocycles. The second kappa shape index (κ2) is 12.8. The van der Waals surface area contributed by atoms with E-state index < -0.39 is 22.5 Å². The summed E-state index contributed by atoms with van der Waals surface area (Å²) >= 11 is 12.6. The smallest absolute Gasteiger partial charge is 0.270 e. The Morgan fingerprint density at radius 2 is 1.65 bits per heavy atom. The number of pyridine rings is 1. The highest BCUT2D eigenvalue weighted by molar-refractivity contribution is 6.35. The monoisotopic (exact) mass is 725 g/mol. The Morgan fingerprint density at radius 1 is 0.941 bits per heavy atom. The van der Waals surface area contributed by atoms with E-state index in [0.717, 1.165) is 5.56 Å². The van der Waals surface area contributed by atoms with Crippen molar-refractivity contribution in [3.05, 3.63) is 105 Å². The van der Waals surface area contributed by atoms with Gasteiger partial charge in [0.25, 0.3) is 17.7 Å². The summed E-state index contributed by atoms with van der Waals surface area (Å²) in [7, 11) is 0. The lowest BCUT2D eigenvalue weighted by Crippen LogP contribution is -2.52. The van der Waals surface area contributed by atoms with Crippen LogP contribution < -0.4 is 26.6 Å². The molecule has 0 radical (unpaired) electrons. The lowest BCUT2D eigenvalue weighted by Gasteiger charge is -2.27. The van der Waals surface area contributed by atoms with Crippen molar-refractivity contribution in [3.8, 4) is 6.07 Å². The van der Waals surface area contributed by atoms with Crippen LogP contribution >= 0.6 is 23.2 Å². The molecule has 0 bridgehead atoms. The van der Waals surface area contributed by atoms with Crippen LogP contribution in [0.3, 0.4) is 0 Å². The topological polar surface area (TPSA) is 188 Å². The van der Waals surface area contributed by atoms with Gasteiger partial charge in [-0.15, -0.1) is 0 Å². The van der Waals surface area contributed by atoms with Crippen molar-refractivity contribution in [3.63, 3.8) is 0 Å². The number of imidazole rings is 1. The number of nitrogens with one attached hydrogen (secondary N) is 3. The summed E-state index contributed by atoms with van der Waals surface area (Å²) < 4.78 is 1.59. The van der Waals surface area contributed by atoms with E-state index >= 15 is 0 Å². The van der Waals surface area contributed by atoms with Crippen LogP contribution in [0.2, 0.25) is 10.0 Å². The molecule has 4 aromatic rings. The van der Waals surface area contributed by atoms with Gasteiger partial charge in [0.15, 0.2) is 0 Å². The van der Waals surface area contributed by atoms with Gasteiger partial charge in [0.2, 0.25) is 11.9 Å². The van der Waals surface area contributed by atoms with Gasteiger partial charge in [-0.2, -0.15) is 5.26 Å². The molecule has 2 saturated carbocycles. The number of hydrogen-bond donors (Lipinski definition) is 4. The van der Waals surface area contributed by atoms with Crippen molar-refractivity contribution in [1.82, 2.24) is 30.5 Å². The highest BCUT2D eigenvalue weighted by atomic mass is 35.5. The molecule has 7 rings (SSSR count). The number of carbonyl (C=O) groups is 4. The maximum atomic E-state index is 14.4. The molecule has 2 fully saturated rings. The van der Waals surface area contributed by atoms with Crippen LogP contribution in [0.4, 0.5) is 11.6 Å². The minimum atomic E-state index is -1.34. The number of halogens is 2. The van der Waals surface area contributed by atoms with Crippen LogP contribution in [0.25, 0.3) is 0 Å². The molecule has 2 aromatic carbocycles. The number of nitrogens with two attached hydrogens (primary N) is 1. The molecule has 0 spiro atoms. The van der Waals surface area contributed by atoms with Crippen molar-refractivity contribution >= 4 is 58.5 Å². The second-order valence-corrected chi connectivity index (χ2v) is 14.2. The predicted molar refractivity (Wildman–Crippen MR) is 188 cm³/mol. The zero-order chi connectivity index (χ0) is 36.1. The summed E-state index contributed by atoms with van der Waals surface area (Å²) in [6.07, 6.45) is 5.18. The van der Waals surface area contributed by atoms with E-state index in [-0.39, 0.29) is 35.8 Å². The summed E-state index contributed by atoms with van der Waals surface area (Å²) in [5.74, 6) is -1.37. The first kappa shape index (κ1) is 34.2. The van der Waals surface area contributed by atoms with Crippen LogP contribution in [-0.2, 0) is 27.1 Å². The zero-order valence-corrected chi connectivity index (χ0v) is 29.0. The molecular formula is C36H33Cl2N9O4. The highest BCUT2D eigenvalue weighted by Crippen LogP contribution is 2.47. The van der Waals surface area contributed by atoms with Gasteiger partial charge < -0.3 is 21.7 Å². The van der Waals surface area contributed by atoms with Crippen molar-refractivity contribution in [2.24, 2.45) is 5.73 Å². The number of fused-ring (bicyclic) bond motifs is 1. The summed E-state index contributed by atoms with van der Waals surface area (Å²) in [5.41, 5.74) is 4.98. The number of hydrogen-bond acceptors (Lipinski definition) is 8. The molecule has 2 aromatic heterocycles. The van der Waals surface area contributed by atoms with Gasteiger partial charge in [0.1, 0.15) is 16.8 Å². The van der Waals surface area contributed by atoms with Gasteiger partial charge in [-0.05, 0) is 80.6 Å². The number of carbonyl (C=O) groups excluding carboxylic acids is 4. The number of nitriles is 1. The van der Waals surface area contributed by atoms with Gasteiger partial charge >= 0.3 is 0 Å². The van der Waals surface area contributed by atoms with Crippen LogP contribution in [-0.4, -0.2) is 56.8 Å². The summed E-state index contributed by atoms with van der Waals surface area (Å²) in [6, 6.07) is 17.1. The lowest BCUT2D eigenvalue weighted by molar-refractivity contribution is -0.125. The normalized spacial score (nSPS) is 19.1. The molecule has 13 nitrogen and oxygen atoms in total. The third kappa shape index (κ3) is 6.20. The highest BCUT2D eigenvalue weighted by Gasteiger charge is 2.57. The van der Waals surface area contributed by atoms with Crippen molar-refractivity contribution in [2.45, 2.75) is 55.6 Å². The van der Waals surface area contributed by atoms with Gasteiger partial charge in [-0.25, -0.2) is 9.88 Å². The Morgan fingerprint density at radius 3 is 2.24 bits per heavy atom. The van der Waals surface area contributed by atoms with Crippen molar-refractivity contribution < 1.29 is 19.2 Å². The van der Waals surface area contributed by atoms with Gasteiger partial charge in [0, 0.05) is 35.8 Å². The quantitative estimate of drug-likeness (QED) is 0.179. The number of aromatic nitrogens is 3. The SMILES string of the molecule is C[C@@]1(Cc2ccc(C#N)cc2)C(=O)N(c2cc(Cl)cc(Cl)c2)c2ncc(C(=O)NC3(C(=O)NC4(c5ccc(C(=O)NCCN)cn5)CC4)CC3)n21. The summed E-state index contributed by atoms with van der Waals surface area (Å²) in [4.78, 5) is 65.0. The van der Waals surface area contributed by atoms with Crippen molar-refractivity contribution in [1.29, 1.82) is 5.26 Å². The Balaban J connectivity index is 1.15. The Bertz CT molecular complexity index is 2100. The molecule has 260 valence electrons. The van der Waals surface area contributed by atoms with Gasteiger partial charge in [-0.3, -0.25) is 28.7 Å².